The molecule has 2 aromatic rings. The average Bonchev–Trinajstić information content (AvgIpc) is 2.75. The molecule has 0 spiro atoms. The van der Waals surface area contributed by atoms with Gasteiger partial charge in [0.15, 0.2) is 0 Å². The second-order valence-electron chi connectivity index (χ2n) is 7.76. The van der Waals surface area contributed by atoms with Crippen LogP contribution in [0.5, 0.6) is 5.75 Å². The van der Waals surface area contributed by atoms with Crippen LogP contribution in [0.25, 0.3) is 0 Å². The van der Waals surface area contributed by atoms with Crippen molar-refractivity contribution in [3.05, 3.63) is 59.4 Å². The topological polar surface area (TPSA) is 34.6 Å². The van der Waals surface area contributed by atoms with Crippen molar-refractivity contribution in [3.8, 4) is 5.75 Å². The lowest BCUT2D eigenvalue weighted by atomic mass is 9.91. The molecule has 3 heterocycles. The Morgan fingerprint density at radius 1 is 1.11 bits per heavy atom. The van der Waals surface area contributed by atoms with Crippen LogP contribution in [0.4, 0.5) is 0 Å². The minimum absolute atomic E-state index is 0.548. The number of benzene rings is 1. The summed E-state index contributed by atoms with van der Waals surface area (Å²) in [7, 11) is 1.71. The van der Waals surface area contributed by atoms with Crippen molar-refractivity contribution in [2.45, 2.75) is 44.1 Å². The fraction of sp³-hybridized carbons (Fsp3) is 0.522. The van der Waals surface area contributed by atoms with Crippen LogP contribution in [0.3, 0.4) is 0 Å². The Bertz CT molecular complexity index is 743. The van der Waals surface area contributed by atoms with E-state index < -0.39 is 0 Å². The lowest BCUT2D eigenvalue weighted by Crippen LogP contribution is -2.44. The third kappa shape index (κ3) is 4.69. The first-order chi connectivity index (χ1) is 13.3. The first kappa shape index (κ1) is 18.5. The summed E-state index contributed by atoms with van der Waals surface area (Å²) in [6, 6.07) is 15.5. The SMILES string of the molecule is COc1cccc(Cc2cccc([C@@H]3CCCN(C4CCOCC4)C3)n2)c1. The molecule has 1 aromatic carbocycles. The van der Waals surface area contributed by atoms with Gasteiger partial charge in [0, 0.05) is 49.5 Å². The fourth-order valence-electron chi connectivity index (χ4n) is 4.45. The second-order valence-corrected chi connectivity index (χ2v) is 7.76. The fourth-order valence-corrected chi connectivity index (χ4v) is 4.45. The molecule has 0 bridgehead atoms. The number of rotatable bonds is 5. The summed E-state index contributed by atoms with van der Waals surface area (Å²) in [5.74, 6) is 1.45. The summed E-state index contributed by atoms with van der Waals surface area (Å²) in [4.78, 5) is 7.72. The Labute approximate surface area is 162 Å². The molecule has 0 aliphatic carbocycles. The van der Waals surface area contributed by atoms with Gasteiger partial charge in [-0.25, -0.2) is 0 Å². The Balaban J connectivity index is 1.44. The number of nitrogens with zero attached hydrogens (tertiary/aromatic N) is 2. The summed E-state index contributed by atoms with van der Waals surface area (Å²) in [5, 5.41) is 0. The highest BCUT2D eigenvalue weighted by Gasteiger charge is 2.28. The number of hydrogen-bond donors (Lipinski definition) is 0. The molecule has 2 aliphatic heterocycles. The molecule has 0 N–H and O–H groups in total. The molecular formula is C23H30N2O2. The van der Waals surface area contributed by atoms with Crippen molar-refractivity contribution in [1.29, 1.82) is 0 Å². The van der Waals surface area contributed by atoms with Gasteiger partial charge in [-0.2, -0.15) is 0 Å². The number of ether oxygens (including phenoxy) is 2. The second kappa shape index (κ2) is 8.85. The number of pyridine rings is 1. The molecule has 0 radical (unpaired) electrons. The predicted molar refractivity (Wildman–Crippen MR) is 107 cm³/mol. The van der Waals surface area contributed by atoms with E-state index >= 15 is 0 Å². The van der Waals surface area contributed by atoms with Crippen molar-refractivity contribution in [2.75, 3.05) is 33.4 Å². The van der Waals surface area contributed by atoms with E-state index in [0.29, 0.717) is 12.0 Å². The quantitative estimate of drug-likeness (QED) is 0.800. The summed E-state index contributed by atoms with van der Waals surface area (Å²) < 4.78 is 10.9. The van der Waals surface area contributed by atoms with Crippen molar-refractivity contribution in [3.63, 3.8) is 0 Å². The van der Waals surface area contributed by atoms with E-state index in [9.17, 15) is 0 Å². The van der Waals surface area contributed by atoms with E-state index in [2.05, 4.69) is 35.2 Å². The monoisotopic (exact) mass is 366 g/mol. The van der Waals surface area contributed by atoms with Gasteiger partial charge in [-0.05, 0) is 62.1 Å². The van der Waals surface area contributed by atoms with Gasteiger partial charge < -0.3 is 9.47 Å². The number of aromatic nitrogens is 1. The summed E-state index contributed by atoms with van der Waals surface area (Å²) >= 11 is 0. The van der Waals surface area contributed by atoms with E-state index in [1.54, 1.807) is 7.11 Å². The maximum atomic E-state index is 5.54. The van der Waals surface area contributed by atoms with Crippen LogP contribution < -0.4 is 4.74 Å². The van der Waals surface area contributed by atoms with Crippen LogP contribution in [-0.4, -0.2) is 49.3 Å². The largest absolute Gasteiger partial charge is 0.497 e. The maximum Gasteiger partial charge on any atom is 0.119 e. The van der Waals surface area contributed by atoms with Crippen LogP contribution in [0, 0.1) is 0 Å². The van der Waals surface area contributed by atoms with Gasteiger partial charge in [0.25, 0.3) is 0 Å². The molecule has 1 atom stereocenters. The first-order valence-electron chi connectivity index (χ1n) is 10.2. The molecule has 4 nitrogen and oxygen atoms in total. The molecule has 1 aromatic heterocycles. The minimum Gasteiger partial charge on any atom is -0.497 e. The van der Waals surface area contributed by atoms with Crippen molar-refractivity contribution in [1.82, 2.24) is 9.88 Å². The number of piperidine rings is 1. The lowest BCUT2D eigenvalue weighted by molar-refractivity contribution is 0.0237. The summed E-state index contributed by atoms with van der Waals surface area (Å²) in [6.07, 6.45) is 5.71. The summed E-state index contributed by atoms with van der Waals surface area (Å²) in [5.41, 5.74) is 3.64. The average molecular weight is 367 g/mol. The Kier molecular flexibility index (Phi) is 6.05. The molecule has 2 aliphatic rings. The standard InChI is InChI=1S/C23H30N2O2/c1-26-22-8-2-5-18(16-22)15-20-7-3-9-23(24-20)19-6-4-12-25(17-19)21-10-13-27-14-11-21/h2-3,5,7-9,16,19,21H,4,6,10-15,17H2,1H3/t19-/m1/s1. The van der Waals surface area contributed by atoms with Gasteiger partial charge in [-0.15, -0.1) is 0 Å². The number of likely N-dealkylation sites (tertiary alicyclic amines) is 1. The minimum atomic E-state index is 0.548. The van der Waals surface area contributed by atoms with Crippen LogP contribution in [-0.2, 0) is 11.2 Å². The Morgan fingerprint density at radius 3 is 2.81 bits per heavy atom. The van der Waals surface area contributed by atoms with Crippen LogP contribution >= 0.6 is 0 Å². The van der Waals surface area contributed by atoms with Gasteiger partial charge in [0.05, 0.1) is 7.11 Å². The highest BCUT2D eigenvalue weighted by molar-refractivity contribution is 5.31. The van der Waals surface area contributed by atoms with E-state index in [1.165, 1.54) is 43.5 Å². The molecule has 0 unspecified atom stereocenters. The van der Waals surface area contributed by atoms with Crippen LogP contribution in [0.15, 0.2) is 42.5 Å². The Hall–Kier alpha value is -1.91. The first-order valence-corrected chi connectivity index (χ1v) is 10.2. The van der Waals surface area contributed by atoms with Gasteiger partial charge >= 0.3 is 0 Å². The van der Waals surface area contributed by atoms with Gasteiger partial charge in [-0.3, -0.25) is 9.88 Å². The zero-order chi connectivity index (χ0) is 18.5. The normalized spacial score (nSPS) is 21.9. The third-order valence-corrected chi connectivity index (χ3v) is 5.93. The molecule has 2 saturated heterocycles. The van der Waals surface area contributed by atoms with E-state index in [1.807, 2.05) is 12.1 Å². The molecule has 27 heavy (non-hydrogen) atoms. The molecule has 2 fully saturated rings. The van der Waals surface area contributed by atoms with Gasteiger partial charge in [-0.1, -0.05) is 18.2 Å². The zero-order valence-electron chi connectivity index (χ0n) is 16.3. The Morgan fingerprint density at radius 2 is 1.96 bits per heavy atom. The predicted octanol–water partition coefficient (Wildman–Crippen LogP) is 4.04. The van der Waals surface area contributed by atoms with E-state index in [4.69, 9.17) is 14.5 Å². The highest BCUT2D eigenvalue weighted by Crippen LogP contribution is 2.29. The molecule has 0 amide bonds. The number of methoxy groups -OCH3 is 1. The molecule has 4 heteroatoms. The van der Waals surface area contributed by atoms with Crippen molar-refractivity contribution >= 4 is 0 Å². The summed E-state index contributed by atoms with van der Waals surface area (Å²) in [6.45, 7) is 4.20. The smallest absolute Gasteiger partial charge is 0.119 e. The molecule has 4 rings (SSSR count). The lowest BCUT2D eigenvalue weighted by Gasteiger charge is -2.39. The van der Waals surface area contributed by atoms with Gasteiger partial charge in [0.2, 0.25) is 0 Å². The van der Waals surface area contributed by atoms with Crippen molar-refractivity contribution < 1.29 is 9.47 Å². The number of hydrogen-bond acceptors (Lipinski definition) is 4. The van der Waals surface area contributed by atoms with Gasteiger partial charge in [0.1, 0.15) is 5.75 Å². The van der Waals surface area contributed by atoms with Crippen LogP contribution in [0.1, 0.15) is 48.6 Å². The third-order valence-electron chi connectivity index (χ3n) is 5.93. The van der Waals surface area contributed by atoms with E-state index in [0.717, 1.165) is 37.6 Å². The van der Waals surface area contributed by atoms with Crippen molar-refractivity contribution in [2.24, 2.45) is 0 Å². The maximum absolute atomic E-state index is 5.54. The molecular weight excluding hydrogens is 336 g/mol. The molecule has 0 saturated carbocycles. The van der Waals surface area contributed by atoms with Crippen LogP contribution in [0.2, 0.25) is 0 Å². The zero-order valence-corrected chi connectivity index (χ0v) is 16.3. The highest BCUT2D eigenvalue weighted by atomic mass is 16.5. The molecule has 144 valence electrons. The van der Waals surface area contributed by atoms with E-state index in [-0.39, 0.29) is 0 Å².